The Bertz CT molecular complexity index is 689. The number of carbonyl (C=O) groups is 1. The second-order valence-corrected chi connectivity index (χ2v) is 6.71. The fraction of sp³-hybridized carbons (Fsp3) is 0.500. The summed E-state index contributed by atoms with van der Waals surface area (Å²) >= 11 is 0. The van der Waals surface area contributed by atoms with Gasteiger partial charge in [0.1, 0.15) is 6.04 Å². The van der Waals surface area contributed by atoms with Crippen molar-refractivity contribution < 1.29 is 14.6 Å². The van der Waals surface area contributed by atoms with Crippen molar-refractivity contribution >= 4 is 12.0 Å². The Morgan fingerprint density at radius 3 is 2.62 bits per heavy atom. The van der Waals surface area contributed by atoms with Crippen LogP contribution in [0.25, 0.3) is 6.08 Å². The van der Waals surface area contributed by atoms with E-state index >= 15 is 0 Å². The predicted octanol–water partition coefficient (Wildman–Crippen LogP) is 1.23. The molecule has 0 aliphatic carbocycles. The van der Waals surface area contributed by atoms with Crippen molar-refractivity contribution in [2.24, 2.45) is 0 Å². The lowest BCUT2D eigenvalue weighted by atomic mass is 9.75. The van der Waals surface area contributed by atoms with Gasteiger partial charge in [-0.2, -0.15) is 5.26 Å². The zero-order chi connectivity index (χ0) is 18.5. The average molecular weight is 355 g/mol. The summed E-state index contributed by atoms with van der Waals surface area (Å²) in [7, 11) is 0. The molecule has 2 saturated heterocycles. The van der Waals surface area contributed by atoms with Crippen molar-refractivity contribution in [1.29, 1.82) is 5.26 Å². The number of carbonyl (C=O) groups excluding carboxylic acids is 1. The minimum atomic E-state index is -0.534. The number of rotatable bonds is 5. The molecule has 1 N–H and O–H groups in total. The van der Waals surface area contributed by atoms with Crippen LogP contribution >= 0.6 is 0 Å². The highest BCUT2D eigenvalue weighted by atomic mass is 16.5. The van der Waals surface area contributed by atoms with Crippen LogP contribution in [0.5, 0.6) is 0 Å². The minimum Gasteiger partial charge on any atom is -0.394 e. The summed E-state index contributed by atoms with van der Waals surface area (Å²) in [6, 6.07) is 9.34. The molecule has 2 heterocycles. The Morgan fingerprint density at radius 2 is 2.04 bits per heavy atom. The summed E-state index contributed by atoms with van der Waals surface area (Å²) in [6.45, 7) is 4.77. The molecule has 1 aromatic rings. The first kappa shape index (κ1) is 18.6. The summed E-state index contributed by atoms with van der Waals surface area (Å²) in [5.41, 5.74) is 2.07. The molecule has 0 spiro atoms. The fourth-order valence-electron chi connectivity index (χ4n) is 3.80. The summed E-state index contributed by atoms with van der Waals surface area (Å²) in [5.74, 6) is -0.252. The predicted molar refractivity (Wildman–Crippen MR) is 98.3 cm³/mol. The first-order valence-corrected chi connectivity index (χ1v) is 9.04. The molecular formula is C20H25N3O3. The van der Waals surface area contributed by atoms with Gasteiger partial charge in [0.25, 0.3) is 0 Å². The van der Waals surface area contributed by atoms with Crippen molar-refractivity contribution in [3.63, 3.8) is 0 Å². The van der Waals surface area contributed by atoms with Crippen LogP contribution in [0, 0.1) is 11.3 Å². The van der Waals surface area contributed by atoms with E-state index < -0.39 is 6.04 Å². The molecule has 0 aromatic heterocycles. The number of morpholine rings is 1. The highest BCUT2D eigenvalue weighted by Crippen LogP contribution is 2.40. The topological polar surface area (TPSA) is 76.8 Å². The molecule has 6 heteroatoms. The number of allylic oxidation sites excluding steroid dienone is 1. The van der Waals surface area contributed by atoms with Gasteiger partial charge in [-0.3, -0.25) is 9.69 Å². The molecule has 1 aromatic carbocycles. The molecule has 0 unspecified atom stereocenters. The van der Waals surface area contributed by atoms with Gasteiger partial charge in [-0.1, -0.05) is 36.4 Å². The Labute approximate surface area is 154 Å². The van der Waals surface area contributed by atoms with E-state index in [0.717, 1.165) is 24.2 Å². The number of amides is 1. The van der Waals surface area contributed by atoms with Crippen molar-refractivity contribution in [2.45, 2.75) is 24.9 Å². The molecule has 0 radical (unpaired) electrons. The van der Waals surface area contributed by atoms with E-state index in [1.807, 2.05) is 48.2 Å². The van der Waals surface area contributed by atoms with Gasteiger partial charge in [0.15, 0.2) is 0 Å². The molecule has 0 bridgehead atoms. The van der Waals surface area contributed by atoms with Crippen LogP contribution in [0.3, 0.4) is 0 Å². The normalized spacial score (nSPS) is 26.5. The van der Waals surface area contributed by atoms with Crippen LogP contribution in [0.4, 0.5) is 0 Å². The van der Waals surface area contributed by atoms with E-state index in [4.69, 9.17) is 4.74 Å². The second-order valence-electron chi connectivity index (χ2n) is 6.71. The molecule has 2 fully saturated rings. The molecule has 26 heavy (non-hydrogen) atoms. The zero-order valence-electron chi connectivity index (χ0n) is 15.0. The first-order valence-electron chi connectivity index (χ1n) is 9.04. The van der Waals surface area contributed by atoms with Crippen LogP contribution < -0.4 is 0 Å². The van der Waals surface area contributed by atoms with Gasteiger partial charge in [-0.05, 0) is 18.1 Å². The number of likely N-dealkylation sites (tertiary alicyclic amines) is 1. The molecule has 1 amide bonds. The van der Waals surface area contributed by atoms with E-state index in [2.05, 4.69) is 6.07 Å². The van der Waals surface area contributed by atoms with E-state index in [1.54, 1.807) is 4.90 Å². The number of nitrogens with zero attached hydrogens (tertiary/aromatic N) is 3. The van der Waals surface area contributed by atoms with E-state index in [-0.39, 0.29) is 31.0 Å². The quantitative estimate of drug-likeness (QED) is 0.860. The van der Waals surface area contributed by atoms with Gasteiger partial charge >= 0.3 is 0 Å². The van der Waals surface area contributed by atoms with Crippen molar-refractivity contribution in [3.8, 4) is 6.07 Å². The fourth-order valence-corrected chi connectivity index (χ4v) is 3.80. The number of hydrogen-bond donors (Lipinski definition) is 1. The minimum absolute atomic E-state index is 0.0979. The molecule has 6 nitrogen and oxygen atoms in total. The van der Waals surface area contributed by atoms with E-state index in [9.17, 15) is 15.2 Å². The van der Waals surface area contributed by atoms with Crippen LogP contribution in [-0.2, 0) is 9.53 Å². The lowest BCUT2D eigenvalue weighted by Crippen LogP contribution is -2.66. The van der Waals surface area contributed by atoms with Crippen molar-refractivity contribution in [3.05, 3.63) is 41.5 Å². The number of aliphatic hydroxyl groups is 1. The molecule has 2 aliphatic heterocycles. The van der Waals surface area contributed by atoms with Crippen molar-refractivity contribution in [1.82, 2.24) is 9.80 Å². The van der Waals surface area contributed by atoms with Gasteiger partial charge in [-0.25, -0.2) is 0 Å². The van der Waals surface area contributed by atoms with Crippen LogP contribution in [0.2, 0.25) is 0 Å². The van der Waals surface area contributed by atoms with Gasteiger partial charge in [-0.15, -0.1) is 0 Å². The number of benzene rings is 1. The summed E-state index contributed by atoms with van der Waals surface area (Å²) < 4.78 is 5.30. The molecule has 138 valence electrons. The summed E-state index contributed by atoms with van der Waals surface area (Å²) in [5, 5.41) is 19.5. The van der Waals surface area contributed by atoms with Crippen molar-refractivity contribution in [2.75, 3.05) is 39.5 Å². The number of ether oxygens (including phenoxy) is 1. The lowest BCUT2D eigenvalue weighted by Gasteiger charge is -2.52. The van der Waals surface area contributed by atoms with Crippen LogP contribution in [0.1, 0.15) is 24.0 Å². The smallest absolute Gasteiger partial charge is 0.238 e. The average Bonchev–Trinajstić information content (AvgIpc) is 2.64. The van der Waals surface area contributed by atoms with E-state index in [0.29, 0.717) is 13.2 Å². The summed E-state index contributed by atoms with van der Waals surface area (Å²) in [4.78, 5) is 16.3. The third-order valence-electron chi connectivity index (χ3n) is 5.16. The number of nitriles is 1. The second kappa shape index (κ2) is 8.45. The highest BCUT2D eigenvalue weighted by Gasteiger charge is 2.51. The van der Waals surface area contributed by atoms with Crippen LogP contribution in [0.15, 0.2) is 30.3 Å². The third kappa shape index (κ3) is 3.65. The largest absolute Gasteiger partial charge is 0.394 e. The third-order valence-corrected chi connectivity index (χ3v) is 5.16. The molecule has 3 rings (SSSR count). The molecule has 2 aliphatic rings. The molecule has 3 atom stereocenters. The van der Waals surface area contributed by atoms with Gasteiger partial charge < -0.3 is 14.7 Å². The maximum Gasteiger partial charge on any atom is 0.238 e. The SMILES string of the molecule is CC=Cc1ccc([C@@H]2[C@H](C#N)N(C(=O)CN3CCOCC3)[C@H]2CO)cc1. The maximum atomic E-state index is 12.7. The standard InChI is InChI=1S/C20H25N3O3/c1-2-3-15-4-6-16(7-5-15)20-17(12-21)23(18(20)14-24)19(25)13-22-8-10-26-11-9-22/h2-7,17-18,20,24H,8-11,13-14H2,1H3/t17-,18-,20+/m0/s1. The Balaban J connectivity index is 1.72. The zero-order valence-corrected chi connectivity index (χ0v) is 15.0. The molecular weight excluding hydrogens is 330 g/mol. The Kier molecular flexibility index (Phi) is 6.04. The highest BCUT2D eigenvalue weighted by molar-refractivity contribution is 5.81. The molecule has 0 saturated carbocycles. The van der Waals surface area contributed by atoms with Gasteiger partial charge in [0.05, 0.1) is 38.5 Å². The maximum absolute atomic E-state index is 12.7. The monoisotopic (exact) mass is 355 g/mol. The van der Waals surface area contributed by atoms with Gasteiger partial charge in [0, 0.05) is 19.0 Å². The first-order chi connectivity index (χ1) is 12.7. The van der Waals surface area contributed by atoms with Crippen LogP contribution in [-0.4, -0.2) is 72.4 Å². The summed E-state index contributed by atoms with van der Waals surface area (Å²) in [6.07, 6.45) is 3.98. The number of aliphatic hydroxyl groups excluding tert-OH is 1. The lowest BCUT2D eigenvalue weighted by molar-refractivity contribution is -0.149. The Hall–Kier alpha value is -2.20. The van der Waals surface area contributed by atoms with Gasteiger partial charge in [0.2, 0.25) is 5.91 Å². The number of hydrogen-bond acceptors (Lipinski definition) is 5. The Morgan fingerprint density at radius 1 is 1.35 bits per heavy atom. The van der Waals surface area contributed by atoms with E-state index in [1.165, 1.54) is 0 Å².